The molecule has 0 aromatic rings. The number of carboxylic acids is 1. The summed E-state index contributed by atoms with van der Waals surface area (Å²) in [5.74, 6) is -2.26. The molecule has 0 amide bonds. The number of carbonyl (C=O) groups is 3. The van der Waals surface area contributed by atoms with Gasteiger partial charge in [0.15, 0.2) is 12.4 Å². The molecule has 0 rings (SSSR count). The number of quaternary nitrogens is 1. The van der Waals surface area contributed by atoms with Crippen LogP contribution in [-0.2, 0) is 33.3 Å². The van der Waals surface area contributed by atoms with Gasteiger partial charge < -0.3 is 33.3 Å². The van der Waals surface area contributed by atoms with Gasteiger partial charge in [-0.15, -0.1) is 0 Å². The number of ether oxygens (including phenoxy) is 4. The van der Waals surface area contributed by atoms with E-state index in [-0.39, 0.29) is 32.2 Å². The summed E-state index contributed by atoms with van der Waals surface area (Å²) in [6, 6.07) is 0. The zero-order valence-corrected chi connectivity index (χ0v) is 55.3. The van der Waals surface area contributed by atoms with Crippen LogP contribution < -0.4 is 5.11 Å². The molecule has 0 saturated carbocycles. The number of esters is 2. The Hall–Kier alpha value is -3.01. The average Bonchev–Trinajstić information content (AvgIpc) is 3.46. The maximum Gasteiger partial charge on any atom is 0.306 e. The van der Waals surface area contributed by atoms with Gasteiger partial charge in [-0.3, -0.25) is 9.59 Å². The van der Waals surface area contributed by atoms with Crippen molar-refractivity contribution in [3.8, 4) is 0 Å². The Kier molecular flexibility index (Phi) is 62.6. The van der Waals surface area contributed by atoms with Crippen molar-refractivity contribution in [2.75, 3.05) is 47.5 Å². The van der Waals surface area contributed by atoms with Crippen LogP contribution in [0.1, 0.15) is 335 Å². The molecule has 0 aromatic heterocycles. The van der Waals surface area contributed by atoms with Gasteiger partial charge in [-0.2, -0.15) is 0 Å². The summed E-state index contributed by atoms with van der Waals surface area (Å²) in [6.45, 7) is 4.69. The summed E-state index contributed by atoms with van der Waals surface area (Å²) in [6.07, 6.45) is 81.6. The van der Waals surface area contributed by atoms with Crippen LogP contribution >= 0.6 is 0 Å². The number of carbonyl (C=O) groups excluding carboxylic acids is 3. The van der Waals surface area contributed by atoms with E-state index in [0.29, 0.717) is 23.9 Å². The van der Waals surface area contributed by atoms with Crippen LogP contribution in [0.3, 0.4) is 0 Å². The molecule has 0 aromatic carbocycles. The van der Waals surface area contributed by atoms with Gasteiger partial charge >= 0.3 is 11.9 Å². The topological polar surface area (TPSA) is 111 Å². The molecule has 83 heavy (non-hydrogen) atoms. The fraction of sp³-hybridized carbons (Fsp3) is 0.824. The number of allylic oxidation sites excluding steroid dienone is 10. The predicted molar refractivity (Wildman–Crippen MR) is 352 cm³/mol. The van der Waals surface area contributed by atoms with Crippen molar-refractivity contribution in [2.45, 2.75) is 347 Å². The molecule has 0 spiro atoms. The summed E-state index contributed by atoms with van der Waals surface area (Å²) >= 11 is 0. The zero-order chi connectivity index (χ0) is 60.5. The van der Waals surface area contributed by atoms with E-state index in [1.165, 1.54) is 231 Å². The van der Waals surface area contributed by atoms with Gasteiger partial charge in [0.2, 0.25) is 0 Å². The molecular weight excluding hydrogens is 1030 g/mol. The molecule has 9 heteroatoms. The first-order valence-corrected chi connectivity index (χ1v) is 35.4. The van der Waals surface area contributed by atoms with E-state index < -0.39 is 24.3 Å². The molecule has 0 aliphatic heterocycles. The van der Waals surface area contributed by atoms with Crippen molar-refractivity contribution in [1.29, 1.82) is 0 Å². The number of likely N-dealkylation sites (N-methyl/N-ethyl adjacent to an activating group) is 1. The third-order valence-electron chi connectivity index (χ3n) is 15.8. The summed E-state index contributed by atoms with van der Waals surface area (Å²) in [5, 5.41) is 11.8. The normalized spacial score (nSPS) is 13.0. The largest absolute Gasteiger partial charge is 0.545 e. The Labute approximate surface area is 514 Å². The van der Waals surface area contributed by atoms with Crippen LogP contribution in [0, 0.1) is 0 Å². The first-order chi connectivity index (χ1) is 40.6. The molecule has 484 valence electrons. The number of hydrogen-bond acceptors (Lipinski definition) is 8. The van der Waals surface area contributed by atoms with E-state index in [0.717, 1.165) is 70.6 Å². The predicted octanol–water partition coefficient (Wildman–Crippen LogP) is 20.6. The lowest BCUT2D eigenvalue weighted by Gasteiger charge is -2.26. The van der Waals surface area contributed by atoms with Gasteiger partial charge in [-0.25, -0.2) is 0 Å². The molecule has 0 saturated heterocycles. The summed E-state index contributed by atoms with van der Waals surface area (Å²) in [4.78, 5) is 37.5. The molecule has 2 unspecified atom stereocenters. The Morgan fingerprint density at radius 3 is 1.02 bits per heavy atom. The van der Waals surface area contributed by atoms with Gasteiger partial charge in [0, 0.05) is 12.8 Å². The van der Waals surface area contributed by atoms with Gasteiger partial charge in [0.05, 0.1) is 40.3 Å². The summed E-state index contributed by atoms with van der Waals surface area (Å²) in [5.41, 5.74) is 0. The zero-order valence-electron chi connectivity index (χ0n) is 55.3. The summed E-state index contributed by atoms with van der Waals surface area (Å²) < 4.78 is 22.8. The molecular formula is C74H135NO8. The molecule has 0 heterocycles. The second-order valence-electron chi connectivity index (χ2n) is 25.2. The first-order valence-electron chi connectivity index (χ1n) is 35.4. The molecule has 0 aliphatic carbocycles. The monoisotopic (exact) mass is 1170 g/mol. The minimum atomic E-state index is -1.62. The molecule has 0 fully saturated rings. The second kappa shape index (κ2) is 65.0. The number of hydrogen-bond donors (Lipinski definition) is 0. The molecule has 0 bridgehead atoms. The third-order valence-corrected chi connectivity index (χ3v) is 15.8. The highest BCUT2D eigenvalue weighted by atomic mass is 16.7. The van der Waals surface area contributed by atoms with Crippen LogP contribution in [0.2, 0.25) is 0 Å². The minimum absolute atomic E-state index is 0.148. The van der Waals surface area contributed by atoms with Crippen molar-refractivity contribution in [1.82, 2.24) is 0 Å². The van der Waals surface area contributed by atoms with Crippen LogP contribution in [0.5, 0.6) is 0 Å². The quantitative estimate of drug-likeness (QED) is 0.0195. The van der Waals surface area contributed by atoms with E-state index in [2.05, 4.69) is 74.6 Å². The van der Waals surface area contributed by atoms with Crippen molar-refractivity contribution in [2.24, 2.45) is 0 Å². The van der Waals surface area contributed by atoms with Crippen LogP contribution in [0.4, 0.5) is 0 Å². The van der Waals surface area contributed by atoms with Gasteiger partial charge in [0.1, 0.15) is 13.2 Å². The smallest absolute Gasteiger partial charge is 0.306 e. The van der Waals surface area contributed by atoms with Crippen molar-refractivity contribution < 1.29 is 42.9 Å². The Morgan fingerprint density at radius 1 is 0.373 bits per heavy atom. The lowest BCUT2D eigenvalue weighted by atomic mass is 10.0. The number of aliphatic carboxylic acids is 1. The summed E-state index contributed by atoms with van der Waals surface area (Å²) in [7, 11) is 5.94. The Morgan fingerprint density at radius 2 is 0.687 bits per heavy atom. The van der Waals surface area contributed by atoms with Gasteiger partial charge in [-0.1, -0.05) is 325 Å². The maximum atomic E-state index is 12.9. The SMILES string of the molecule is CC/C=C\C/C=C\C/C=C\C/C=C\C/C=C\CCCCCCCCCCCCCCCC(=O)OC(COC(=O)CCCCCCCCCCCCCCCCCCCCCCCCCCCCCCC)COC(OCC[N+](C)(C)C)C(=O)[O-]. The molecule has 0 N–H and O–H groups in total. The highest BCUT2D eigenvalue weighted by Crippen LogP contribution is 2.19. The average molecular weight is 1170 g/mol. The lowest BCUT2D eigenvalue weighted by molar-refractivity contribution is -0.870. The fourth-order valence-electron chi connectivity index (χ4n) is 10.4. The van der Waals surface area contributed by atoms with E-state index >= 15 is 0 Å². The van der Waals surface area contributed by atoms with E-state index in [9.17, 15) is 19.5 Å². The Bertz CT molecular complexity index is 1550. The standard InChI is InChI=1S/C74H135NO8/c1-6-8-10-12-14-16-18-20-22-24-26-28-30-32-34-36-38-40-42-44-46-48-50-52-54-56-58-60-62-64-71(76)81-68-70(69-82-74(73(78)79)80-67-66-75(3,4)5)83-72(77)65-63-61-59-57-55-53-51-49-47-45-43-41-39-37-35-33-31-29-27-25-23-21-19-17-15-13-11-9-7-2/h9,11,15,17,21,23,27,29,33,35,70,74H,6-8,10,12-14,16,18-20,22,24-26,28,30-32,34,36-69H2,1-5H3/b11-9-,17-15-,23-21-,29-27-,35-33-. The lowest BCUT2D eigenvalue weighted by Crippen LogP contribution is -2.44. The maximum absolute atomic E-state index is 12.9. The van der Waals surface area contributed by atoms with E-state index in [4.69, 9.17) is 18.9 Å². The number of carboxylic acid groups (broad SMARTS) is 1. The van der Waals surface area contributed by atoms with Crippen LogP contribution in [-0.4, -0.2) is 82.3 Å². The molecule has 2 atom stereocenters. The van der Waals surface area contributed by atoms with E-state index in [1.54, 1.807) is 0 Å². The van der Waals surface area contributed by atoms with Crippen molar-refractivity contribution in [3.05, 3.63) is 60.8 Å². The highest BCUT2D eigenvalue weighted by Gasteiger charge is 2.22. The first kappa shape index (κ1) is 80.0. The third kappa shape index (κ3) is 66.4. The molecule has 0 aliphatic rings. The Balaban J connectivity index is 4.08. The fourth-order valence-corrected chi connectivity index (χ4v) is 10.4. The van der Waals surface area contributed by atoms with E-state index in [1.807, 2.05) is 21.1 Å². The molecule has 0 radical (unpaired) electrons. The van der Waals surface area contributed by atoms with Crippen LogP contribution in [0.15, 0.2) is 60.8 Å². The molecule has 9 nitrogen and oxygen atoms in total. The van der Waals surface area contributed by atoms with Gasteiger partial charge in [0.25, 0.3) is 0 Å². The van der Waals surface area contributed by atoms with Crippen LogP contribution in [0.25, 0.3) is 0 Å². The van der Waals surface area contributed by atoms with Crippen molar-refractivity contribution in [3.63, 3.8) is 0 Å². The number of unbranched alkanes of at least 4 members (excludes halogenated alkanes) is 41. The number of rotatable bonds is 66. The van der Waals surface area contributed by atoms with Crippen molar-refractivity contribution >= 4 is 17.9 Å². The minimum Gasteiger partial charge on any atom is -0.545 e. The number of nitrogens with zero attached hydrogens (tertiary/aromatic N) is 1. The highest BCUT2D eigenvalue weighted by molar-refractivity contribution is 5.70. The van der Waals surface area contributed by atoms with Gasteiger partial charge in [-0.05, 0) is 57.8 Å². The second-order valence-corrected chi connectivity index (χ2v) is 25.2.